The van der Waals surface area contributed by atoms with Crippen molar-refractivity contribution in [2.24, 2.45) is 0 Å². The highest BCUT2D eigenvalue weighted by molar-refractivity contribution is 6.05. The van der Waals surface area contributed by atoms with Gasteiger partial charge in [0.05, 0.1) is 7.11 Å². The highest BCUT2D eigenvalue weighted by atomic mass is 16.5. The molecular weight excluding hydrogens is 418 g/mol. The Morgan fingerprint density at radius 1 is 1.03 bits per heavy atom. The zero-order chi connectivity index (χ0) is 22.9. The first-order valence-corrected chi connectivity index (χ1v) is 10.2. The number of aromatic nitrogens is 2. The van der Waals surface area contributed by atoms with Crippen molar-refractivity contribution in [1.82, 2.24) is 9.55 Å². The van der Waals surface area contributed by atoms with Gasteiger partial charge in [-0.2, -0.15) is 0 Å². The lowest BCUT2D eigenvalue weighted by Crippen LogP contribution is -2.17. The lowest BCUT2D eigenvalue weighted by molar-refractivity contribution is -0.111. The van der Waals surface area contributed by atoms with Crippen molar-refractivity contribution < 1.29 is 13.9 Å². The first-order chi connectivity index (χ1) is 16.1. The Morgan fingerprint density at radius 2 is 1.79 bits per heavy atom. The average Bonchev–Trinajstić information content (AvgIpc) is 3.22. The molecule has 0 fully saturated rings. The van der Waals surface area contributed by atoms with Gasteiger partial charge in [0.2, 0.25) is 11.8 Å². The Bertz CT molecular complexity index is 1560. The van der Waals surface area contributed by atoms with Crippen molar-refractivity contribution in [3.05, 3.63) is 95.9 Å². The van der Waals surface area contributed by atoms with Gasteiger partial charge in [0, 0.05) is 40.7 Å². The number of carbonyl (C=O) groups is 1. The van der Waals surface area contributed by atoms with Crippen LogP contribution in [0.1, 0.15) is 0 Å². The van der Waals surface area contributed by atoms with Crippen LogP contribution in [0.2, 0.25) is 0 Å². The summed E-state index contributed by atoms with van der Waals surface area (Å²) in [6.07, 6.45) is 2.94. The van der Waals surface area contributed by atoms with Crippen molar-refractivity contribution in [1.29, 1.82) is 0 Å². The summed E-state index contributed by atoms with van der Waals surface area (Å²) < 4.78 is 12.8. The van der Waals surface area contributed by atoms with Gasteiger partial charge >= 0.3 is 0 Å². The molecule has 3 heterocycles. The highest BCUT2D eigenvalue weighted by Gasteiger charge is 2.15. The SMILES string of the molecule is C=CC(=O)Nc1ccc(-n2c(=O)ccc3oc4ccc(-c5ccc(OC)nc5)cc4c32)cc1. The van der Waals surface area contributed by atoms with Crippen molar-refractivity contribution in [2.75, 3.05) is 12.4 Å². The number of benzene rings is 2. The third-order valence-electron chi connectivity index (χ3n) is 5.37. The Balaban J connectivity index is 1.67. The Morgan fingerprint density at radius 3 is 2.48 bits per heavy atom. The number of pyridine rings is 2. The Labute approximate surface area is 188 Å². The number of furan rings is 1. The van der Waals surface area contributed by atoms with E-state index in [9.17, 15) is 9.59 Å². The van der Waals surface area contributed by atoms with E-state index in [2.05, 4.69) is 16.9 Å². The molecule has 0 aliphatic carbocycles. The van der Waals surface area contributed by atoms with Gasteiger partial charge < -0.3 is 14.5 Å². The van der Waals surface area contributed by atoms with Crippen LogP contribution in [-0.2, 0) is 4.79 Å². The number of ether oxygens (including phenoxy) is 1. The quantitative estimate of drug-likeness (QED) is 0.394. The van der Waals surface area contributed by atoms with E-state index in [1.54, 1.807) is 54.3 Å². The fourth-order valence-corrected chi connectivity index (χ4v) is 3.77. The number of amides is 1. The van der Waals surface area contributed by atoms with Gasteiger partial charge in [-0.25, -0.2) is 4.98 Å². The Kier molecular flexibility index (Phi) is 4.99. The maximum Gasteiger partial charge on any atom is 0.255 e. The molecule has 7 nitrogen and oxygen atoms in total. The van der Waals surface area contributed by atoms with Crippen LogP contribution in [0.15, 0.2) is 94.8 Å². The van der Waals surface area contributed by atoms with E-state index in [4.69, 9.17) is 9.15 Å². The molecule has 0 atom stereocenters. The van der Waals surface area contributed by atoms with Crippen LogP contribution in [-0.4, -0.2) is 22.6 Å². The molecule has 0 unspecified atom stereocenters. The Hall–Kier alpha value is -4.65. The summed E-state index contributed by atoms with van der Waals surface area (Å²) >= 11 is 0. The molecule has 0 radical (unpaired) electrons. The van der Waals surface area contributed by atoms with Crippen LogP contribution in [0.25, 0.3) is 38.9 Å². The second kappa shape index (κ2) is 8.12. The molecule has 0 saturated heterocycles. The van der Waals surface area contributed by atoms with Gasteiger partial charge in [-0.3, -0.25) is 14.2 Å². The molecule has 0 aliphatic rings. The first-order valence-electron chi connectivity index (χ1n) is 10.2. The number of fused-ring (bicyclic) bond motifs is 3. The minimum Gasteiger partial charge on any atom is -0.481 e. The topological polar surface area (TPSA) is 86.4 Å². The number of hydrogen-bond donors (Lipinski definition) is 1. The molecular formula is C26H19N3O4. The number of hydrogen-bond acceptors (Lipinski definition) is 5. The molecule has 3 aromatic heterocycles. The molecule has 2 aromatic carbocycles. The molecule has 0 aliphatic heterocycles. The van der Waals surface area contributed by atoms with E-state index in [-0.39, 0.29) is 11.5 Å². The number of nitrogens with one attached hydrogen (secondary N) is 1. The lowest BCUT2D eigenvalue weighted by Gasteiger charge is -2.09. The summed E-state index contributed by atoms with van der Waals surface area (Å²) in [6, 6.07) is 19.7. The monoisotopic (exact) mass is 437 g/mol. The molecule has 162 valence electrons. The van der Waals surface area contributed by atoms with Crippen molar-refractivity contribution in [2.45, 2.75) is 0 Å². The molecule has 5 rings (SSSR count). The van der Waals surface area contributed by atoms with E-state index in [0.717, 1.165) is 16.5 Å². The van der Waals surface area contributed by atoms with Gasteiger partial charge in [-0.1, -0.05) is 12.6 Å². The minimum absolute atomic E-state index is 0.190. The largest absolute Gasteiger partial charge is 0.481 e. The molecule has 0 spiro atoms. The second-order valence-electron chi connectivity index (χ2n) is 7.36. The number of rotatable bonds is 5. The highest BCUT2D eigenvalue weighted by Crippen LogP contribution is 2.33. The van der Waals surface area contributed by atoms with Crippen LogP contribution < -0.4 is 15.6 Å². The zero-order valence-electron chi connectivity index (χ0n) is 17.7. The van der Waals surface area contributed by atoms with E-state index < -0.39 is 0 Å². The van der Waals surface area contributed by atoms with Gasteiger partial charge in [-0.05, 0) is 60.2 Å². The predicted octanol–water partition coefficient (Wildman–Crippen LogP) is 4.93. The third kappa shape index (κ3) is 3.65. The number of anilines is 1. The maximum absolute atomic E-state index is 12.9. The fraction of sp³-hybridized carbons (Fsp3) is 0.0385. The molecule has 1 N–H and O–H groups in total. The molecule has 0 bridgehead atoms. The van der Waals surface area contributed by atoms with Gasteiger partial charge in [0.15, 0.2) is 5.58 Å². The van der Waals surface area contributed by atoms with Crippen molar-refractivity contribution >= 4 is 33.7 Å². The van der Waals surface area contributed by atoms with Crippen LogP contribution in [0.4, 0.5) is 5.69 Å². The third-order valence-corrected chi connectivity index (χ3v) is 5.37. The second-order valence-corrected chi connectivity index (χ2v) is 7.36. The normalized spacial score (nSPS) is 10.9. The summed E-state index contributed by atoms with van der Waals surface area (Å²) in [4.78, 5) is 28.8. The average molecular weight is 437 g/mol. The van der Waals surface area contributed by atoms with E-state index in [0.29, 0.717) is 33.9 Å². The predicted molar refractivity (Wildman–Crippen MR) is 128 cm³/mol. The van der Waals surface area contributed by atoms with Gasteiger partial charge in [0.25, 0.3) is 5.56 Å². The van der Waals surface area contributed by atoms with Crippen LogP contribution >= 0.6 is 0 Å². The summed E-state index contributed by atoms with van der Waals surface area (Å²) in [6.45, 7) is 3.45. The van der Waals surface area contributed by atoms with E-state index in [1.807, 2.05) is 24.3 Å². The first kappa shape index (κ1) is 20.3. The lowest BCUT2D eigenvalue weighted by atomic mass is 10.1. The van der Waals surface area contributed by atoms with E-state index in [1.165, 1.54) is 12.1 Å². The molecule has 0 saturated carbocycles. The van der Waals surface area contributed by atoms with Crippen molar-refractivity contribution in [3.8, 4) is 22.7 Å². The minimum atomic E-state index is -0.302. The molecule has 7 heteroatoms. The number of nitrogens with zero attached hydrogens (tertiary/aromatic N) is 2. The summed E-state index contributed by atoms with van der Waals surface area (Å²) in [5.74, 6) is 0.235. The van der Waals surface area contributed by atoms with Crippen molar-refractivity contribution in [3.63, 3.8) is 0 Å². The van der Waals surface area contributed by atoms with Crippen LogP contribution in [0.3, 0.4) is 0 Å². The molecule has 5 aromatic rings. The standard InChI is InChI=1S/C26H19N3O4/c1-3-23(30)28-18-6-8-19(9-7-18)29-25(31)13-11-22-26(29)20-14-16(4-10-21(20)33-22)17-5-12-24(32-2)27-15-17/h3-15H,1H2,2H3,(H,28,30). The maximum atomic E-state index is 12.9. The smallest absolute Gasteiger partial charge is 0.255 e. The number of carbonyl (C=O) groups excluding carboxylic acids is 1. The van der Waals surface area contributed by atoms with Gasteiger partial charge in [0.1, 0.15) is 11.1 Å². The zero-order valence-corrected chi connectivity index (χ0v) is 17.7. The van der Waals surface area contributed by atoms with Crippen LogP contribution in [0, 0.1) is 0 Å². The summed E-state index contributed by atoms with van der Waals surface area (Å²) in [5.41, 5.74) is 4.86. The fourth-order valence-electron chi connectivity index (χ4n) is 3.77. The molecule has 1 amide bonds. The number of methoxy groups -OCH3 is 1. The molecule has 33 heavy (non-hydrogen) atoms. The van der Waals surface area contributed by atoms with Crippen LogP contribution in [0.5, 0.6) is 5.88 Å². The summed E-state index contributed by atoms with van der Waals surface area (Å²) in [7, 11) is 1.57. The van der Waals surface area contributed by atoms with Gasteiger partial charge in [-0.15, -0.1) is 0 Å². The summed E-state index contributed by atoms with van der Waals surface area (Å²) in [5, 5.41) is 3.51. The van der Waals surface area contributed by atoms with E-state index >= 15 is 0 Å².